The van der Waals surface area contributed by atoms with E-state index in [4.69, 9.17) is 0 Å². The first-order valence-corrected chi connectivity index (χ1v) is 17.4. The molecule has 0 unspecified atom stereocenters. The molecule has 4 fully saturated rings. The second-order valence-electron chi connectivity index (χ2n) is 15.4. The quantitative estimate of drug-likeness (QED) is 0.414. The zero-order chi connectivity index (χ0) is 25.7. The maximum Gasteiger partial charge on any atom is -1.00 e. The van der Waals surface area contributed by atoms with Crippen molar-refractivity contribution in [3.63, 3.8) is 0 Å². The summed E-state index contributed by atoms with van der Waals surface area (Å²) in [5.41, 5.74) is 12.1. The molecule has 0 atom stereocenters. The normalized spacial score (nSPS) is 28.1. The number of rotatable bonds is 3. The molecule has 3 heteroatoms. The van der Waals surface area contributed by atoms with Crippen molar-refractivity contribution in [2.45, 2.75) is 104 Å². The molecular weight excluding hydrogens is 595 g/mol. The molecule has 0 saturated heterocycles. The van der Waals surface area contributed by atoms with Crippen LogP contribution in [-0.2, 0) is 40.5 Å². The summed E-state index contributed by atoms with van der Waals surface area (Å²) in [6, 6.07) is 12.6. The van der Waals surface area contributed by atoms with Crippen LogP contribution in [0.5, 0.6) is 0 Å². The predicted molar refractivity (Wildman–Crippen MR) is 153 cm³/mol. The third kappa shape index (κ3) is 5.14. The van der Waals surface area contributed by atoms with Gasteiger partial charge >= 0.3 is 238 Å². The Hall–Kier alpha value is -0.617. The maximum absolute atomic E-state index is 2.67. The minimum absolute atomic E-state index is 0. The van der Waals surface area contributed by atoms with E-state index in [-0.39, 0.29) is 35.6 Å². The fourth-order valence-electron chi connectivity index (χ4n) is 9.01. The molecule has 2 aromatic rings. The fraction of sp³-hybridized carbons (Fsp3) is 0.556. The average Bonchev–Trinajstić information content (AvgIpc) is 3.41. The summed E-state index contributed by atoms with van der Waals surface area (Å²) in [6.45, 7) is 14.3. The molecule has 8 rings (SSSR count). The number of fused-ring (bicyclic) bond motifs is 3. The minimum atomic E-state index is -0.875. The average molecular weight is 639 g/mol. The third-order valence-corrected chi connectivity index (χ3v) is 14.2. The molecule has 0 amide bonds. The smallest absolute Gasteiger partial charge is 1.00 e. The van der Waals surface area contributed by atoms with E-state index in [1.165, 1.54) is 36.8 Å². The van der Waals surface area contributed by atoms with Crippen molar-refractivity contribution in [1.82, 2.24) is 0 Å². The van der Waals surface area contributed by atoms with Gasteiger partial charge in [0.2, 0.25) is 0 Å². The van der Waals surface area contributed by atoms with E-state index in [0.717, 1.165) is 24.2 Å². The van der Waals surface area contributed by atoms with Crippen LogP contribution >= 0.6 is 0 Å². The topological polar surface area (TPSA) is 0 Å². The van der Waals surface area contributed by atoms with Crippen LogP contribution in [0.15, 0.2) is 51.3 Å². The number of benzene rings is 2. The van der Waals surface area contributed by atoms with E-state index < -0.39 is 23.2 Å². The molecule has 0 spiro atoms. The van der Waals surface area contributed by atoms with Crippen LogP contribution in [0.4, 0.5) is 0 Å². The van der Waals surface area contributed by atoms with Gasteiger partial charge in [-0.25, -0.2) is 0 Å². The molecule has 206 valence electrons. The van der Waals surface area contributed by atoms with Crippen molar-refractivity contribution in [2.75, 3.05) is 0 Å². The molecule has 0 radical (unpaired) electrons. The number of hydrogen-bond donors (Lipinski definition) is 0. The summed E-state index contributed by atoms with van der Waals surface area (Å²) in [5.74, 6) is 3.08. The first kappa shape index (κ1) is 29.9. The van der Waals surface area contributed by atoms with Crippen LogP contribution in [0.3, 0.4) is 0 Å². The Morgan fingerprint density at radius 2 is 1.33 bits per heavy atom. The molecule has 0 N–H and O–H groups in total. The molecule has 0 nitrogen and oxygen atoms in total. The molecule has 39 heavy (non-hydrogen) atoms. The Morgan fingerprint density at radius 3 is 1.92 bits per heavy atom. The van der Waals surface area contributed by atoms with Crippen molar-refractivity contribution in [3.8, 4) is 11.1 Å². The standard InChI is InChI=1S/C21H25.C15H19.2ClH.Zr/c1-20(2,3)16-9-7-14-11-15-8-10-17(21(4,5)6)13-19(15)18(14)12-16;1-2-4-14(3-1)15-8-11-5-12(9-15)7-13(6-11)10-15;;;/h7,9-10,12-13H,11H2,1-6H3;1,3,11-13H,2,5-10H2;2*1H;/q;;;;+2/p-2. The first-order chi connectivity index (χ1) is 17.5. The van der Waals surface area contributed by atoms with Gasteiger partial charge in [0.1, 0.15) is 0 Å². The van der Waals surface area contributed by atoms with E-state index in [1.807, 2.05) is 8.85 Å². The zero-order valence-corrected chi connectivity index (χ0v) is 28.7. The number of hydrogen-bond acceptors (Lipinski definition) is 0. The summed E-state index contributed by atoms with van der Waals surface area (Å²) in [4.78, 5) is 0. The summed E-state index contributed by atoms with van der Waals surface area (Å²) >= 11 is -0.875. The third-order valence-electron chi connectivity index (χ3n) is 10.6. The van der Waals surface area contributed by atoms with Gasteiger partial charge in [0.05, 0.1) is 0 Å². The van der Waals surface area contributed by atoms with Crippen LogP contribution in [0.25, 0.3) is 11.1 Å². The van der Waals surface area contributed by atoms with Crippen molar-refractivity contribution in [2.24, 2.45) is 23.2 Å². The molecular formula is C36H44Cl2Zr. The van der Waals surface area contributed by atoms with E-state index in [0.29, 0.717) is 5.41 Å². The van der Waals surface area contributed by atoms with Crippen molar-refractivity contribution in [3.05, 3.63) is 73.6 Å². The Bertz CT molecular complexity index is 1310. The molecule has 4 bridgehead atoms. The predicted octanol–water partition coefficient (Wildman–Crippen LogP) is 3.00. The van der Waals surface area contributed by atoms with Crippen molar-refractivity contribution < 1.29 is 48.0 Å². The Labute approximate surface area is 261 Å². The van der Waals surface area contributed by atoms with Gasteiger partial charge in [-0.3, -0.25) is 0 Å². The monoisotopic (exact) mass is 636 g/mol. The second kappa shape index (κ2) is 10.3. The van der Waals surface area contributed by atoms with Gasteiger partial charge in [0.15, 0.2) is 0 Å². The van der Waals surface area contributed by atoms with E-state index in [2.05, 4.69) is 84.0 Å². The fourth-order valence-corrected chi connectivity index (χ4v) is 13.0. The van der Waals surface area contributed by atoms with Gasteiger partial charge in [-0.1, -0.05) is 0 Å². The summed E-state index contributed by atoms with van der Waals surface area (Å²) in [6.07, 6.45) is 16.7. The van der Waals surface area contributed by atoms with E-state index in [9.17, 15) is 0 Å². The number of halogens is 2. The second-order valence-corrected chi connectivity index (χ2v) is 18.8. The Kier molecular flexibility index (Phi) is 7.87. The molecule has 0 aliphatic heterocycles. The largest absolute Gasteiger partial charge is 1.00 e. The van der Waals surface area contributed by atoms with E-state index in [1.54, 1.807) is 44.8 Å². The number of allylic oxidation sites excluding steroid dienone is 4. The van der Waals surface area contributed by atoms with Crippen LogP contribution in [-0.4, -0.2) is 0 Å². The summed E-state index contributed by atoms with van der Waals surface area (Å²) < 4.78 is 3.70. The van der Waals surface area contributed by atoms with Gasteiger partial charge < -0.3 is 24.8 Å². The first-order valence-electron chi connectivity index (χ1n) is 15.0. The van der Waals surface area contributed by atoms with Gasteiger partial charge in [0.25, 0.3) is 0 Å². The maximum atomic E-state index is 2.67. The summed E-state index contributed by atoms with van der Waals surface area (Å²) in [5, 5.41) is 0. The van der Waals surface area contributed by atoms with Gasteiger partial charge in [-0.2, -0.15) is 0 Å². The Balaban J connectivity index is 0.00000154. The van der Waals surface area contributed by atoms with Crippen LogP contribution in [0.1, 0.15) is 109 Å². The summed E-state index contributed by atoms with van der Waals surface area (Å²) in [7, 11) is 0. The van der Waals surface area contributed by atoms with Crippen LogP contribution in [0, 0.1) is 23.2 Å². The zero-order valence-electron chi connectivity index (χ0n) is 24.7. The van der Waals surface area contributed by atoms with Gasteiger partial charge in [-0.15, -0.1) is 0 Å². The van der Waals surface area contributed by atoms with Gasteiger partial charge in [-0.05, 0) is 0 Å². The van der Waals surface area contributed by atoms with Crippen LogP contribution in [0.2, 0.25) is 0 Å². The molecule has 0 heterocycles. The van der Waals surface area contributed by atoms with Gasteiger partial charge in [0, 0.05) is 0 Å². The van der Waals surface area contributed by atoms with Crippen LogP contribution < -0.4 is 28.1 Å². The molecule has 6 aliphatic carbocycles. The van der Waals surface area contributed by atoms with E-state index >= 15 is 0 Å². The molecule has 0 aromatic heterocycles. The Morgan fingerprint density at radius 1 is 0.744 bits per heavy atom. The molecule has 4 saturated carbocycles. The van der Waals surface area contributed by atoms with Crippen molar-refractivity contribution >= 4 is 3.27 Å². The van der Waals surface area contributed by atoms with Crippen molar-refractivity contribution in [1.29, 1.82) is 0 Å². The SMILES string of the molecule is CC(C)(C)c1ccc2c(c1)-c1cc(C(C)(C)C)c[c]([Zr+2][C]3=C(C45CC6CC(CC(C6)C4)C5)C=CC3)c1C2.[Cl-].[Cl-]. The molecule has 2 aromatic carbocycles. The minimum Gasteiger partial charge on any atom is -1.00 e. The molecule has 6 aliphatic rings.